The lowest BCUT2D eigenvalue weighted by Gasteiger charge is -2.30. The minimum absolute atomic E-state index is 0.0256. The number of rotatable bonds is 1. The van der Waals surface area contributed by atoms with E-state index in [1.54, 1.807) is 24.3 Å². The molecule has 6 nitrogen and oxygen atoms in total. The van der Waals surface area contributed by atoms with E-state index in [1.165, 1.54) is 10.9 Å². The van der Waals surface area contributed by atoms with E-state index in [1.807, 2.05) is 0 Å². The van der Waals surface area contributed by atoms with Gasteiger partial charge in [-0.2, -0.15) is 0 Å². The summed E-state index contributed by atoms with van der Waals surface area (Å²) < 4.78 is 1.39. The van der Waals surface area contributed by atoms with Crippen molar-refractivity contribution in [3.8, 4) is 0 Å². The van der Waals surface area contributed by atoms with Crippen LogP contribution in [-0.4, -0.2) is 46.0 Å². The van der Waals surface area contributed by atoms with Crippen molar-refractivity contribution >= 4 is 11.9 Å². The monoisotopic (exact) mass is 222 g/mol. The minimum atomic E-state index is -0.203. The van der Waals surface area contributed by atoms with Gasteiger partial charge >= 0.3 is 6.03 Å². The zero-order chi connectivity index (χ0) is 11.5. The molecular formula is C10H14N4O2. The molecule has 2 heterocycles. The molecule has 0 radical (unpaired) electrons. The van der Waals surface area contributed by atoms with E-state index in [2.05, 4.69) is 10.3 Å². The smallest absolute Gasteiger partial charge is 0.327 e. The Morgan fingerprint density at radius 1 is 1.62 bits per heavy atom. The first-order chi connectivity index (χ1) is 7.66. The quantitative estimate of drug-likeness (QED) is 0.730. The summed E-state index contributed by atoms with van der Waals surface area (Å²) in [6.45, 7) is 0.569. The Labute approximate surface area is 93.3 Å². The average molecular weight is 222 g/mol. The van der Waals surface area contributed by atoms with Crippen molar-refractivity contribution in [2.75, 3.05) is 13.6 Å². The number of carbonyl (C=O) groups excluding carboxylic acids is 2. The molecule has 1 unspecified atom stereocenters. The molecule has 0 aliphatic carbocycles. The van der Waals surface area contributed by atoms with Crippen LogP contribution in [0.2, 0.25) is 0 Å². The first-order valence-electron chi connectivity index (χ1n) is 5.19. The zero-order valence-corrected chi connectivity index (χ0v) is 9.09. The van der Waals surface area contributed by atoms with Gasteiger partial charge in [0.2, 0.25) is 5.91 Å². The van der Waals surface area contributed by atoms with Crippen LogP contribution in [0, 0.1) is 0 Å². The van der Waals surface area contributed by atoms with Crippen molar-refractivity contribution in [1.82, 2.24) is 19.8 Å². The molecule has 86 valence electrons. The van der Waals surface area contributed by atoms with E-state index >= 15 is 0 Å². The summed E-state index contributed by atoms with van der Waals surface area (Å²) in [6, 6.07) is -0.178. The fourth-order valence-corrected chi connectivity index (χ4v) is 1.76. The Balaban J connectivity index is 1.91. The topological polar surface area (TPSA) is 67.2 Å². The summed E-state index contributed by atoms with van der Waals surface area (Å²) in [5.74, 6) is 0.133. The standard InChI is InChI=1S/C10H14N4O2/c1-13-6-8(2-3-9(13)15)12-10(16)14-5-4-11-7-14/h4-5,7-8H,2-3,6H2,1H3,(H,12,16). The zero-order valence-electron chi connectivity index (χ0n) is 9.09. The van der Waals surface area contributed by atoms with Crippen LogP contribution in [0.25, 0.3) is 0 Å². The number of piperidine rings is 1. The van der Waals surface area contributed by atoms with Crippen LogP contribution in [0.3, 0.4) is 0 Å². The van der Waals surface area contributed by atoms with Crippen LogP contribution in [0.4, 0.5) is 4.79 Å². The highest BCUT2D eigenvalue weighted by Gasteiger charge is 2.24. The maximum Gasteiger partial charge on any atom is 0.327 e. The lowest BCUT2D eigenvalue weighted by Crippen LogP contribution is -2.49. The van der Waals surface area contributed by atoms with Crippen molar-refractivity contribution in [3.05, 3.63) is 18.7 Å². The number of aromatic nitrogens is 2. The highest BCUT2D eigenvalue weighted by molar-refractivity contribution is 5.79. The molecule has 1 aromatic rings. The van der Waals surface area contributed by atoms with Crippen molar-refractivity contribution in [2.24, 2.45) is 0 Å². The number of hydrogen-bond donors (Lipinski definition) is 1. The van der Waals surface area contributed by atoms with Crippen molar-refractivity contribution in [3.63, 3.8) is 0 Å². The fraction of sp³-hybridized carbons (Fsp3) is 0.500. The number of likely N-dealkylation sites (tertiary alicyclic amines) is 1. The van der Waals surface area contributed by atoms with Gasteiger partial charge in [0.15, 0.2) is 0 Å². The molecule has 16 heavy (non-hydrogen) atoms. The Morgan fingerprint density at radius 3 is 3.06 bits per heavy atom. The number of nitrogens with zero attached hydrogens (tertiary/aromatic N) is 3. The molecule has 2 rings (SSSR count). The Bertz CT molecular complexity index is 388. The van der Waals surface area contributed by atoms with Crippen LogP contribution in [-0.2, 0) is 4.79 Å². The van der Waals surface area contributed by atoms with Crippen molar-refractivity contribution < 1.29 is 9.59 Å². The molecule has 1 aromatic heterocycles. The molecular weight excluding hydrogens is 208 g/mol. The minimum Gasteiger partial charge on any atom is -0.344 e. The molecule has 6 heteroatoms. The lowest BCUT2D eigenvalue weighted by atomic mass is 10.1. The second-order valence-electron chi connectivity index (χ2n) is 3.93. The van der Waals surface area contributed by atoms with Crippen LogP contribution in [0.15, 0.2) is 18.7 Å². The molecule has 1 atom stereocenters. The van der Waals surface area contributed by atoms with E-state index in [9.17, 15) is 9.59 Å². The van der Waals surface area contributed by atoms with Gasteiger partial charge in [-0.25, -0.2) is 9.78 Å². The van der Waals surface area contributed by atoms with Gasteiger partial charge < -0.3 is 10.2 Å². The molecule has 0 bridgehead atoms. The third kappa shape index (κ3) is 2.21. The molecule has 0 spiro atoms. The van der Waals surface area contributed by atoms with Gasteiger partial charge in [0, 0.05) is 38.4 Å². The summed E-state index contributed by atoms with van der Waals surface area (Å²) in [7, 11) is 1.75. The molecule has 0 aromatic carbocycles. The van der Waals surface area contributed by atoms with Gasteiger partial charge in [-0.05, 0) is 6.42 Å². The number of carbonyl (C=O) groups is 2. The summed E-state index contributed by atoms with van der Waals surface area (Å²) in [4.78, 5) is 28.4. The largest absolute Gasteiger partial charge is 0.344 e. The molecule has 1 fully saturated rings. The van der Waals surface area contributed by atoms with E-state index in [-0.39, 0.29) is 18.0 Å². The van der Waals surface area contributed by atoms with E-state index < -0.39 is 0 Å². The number of nitrogens with one attached hydrogen (secondary N) is 1. The van der Waals surface area contributed by atoms with E-state index in [0.717, 1.165) is 0 Å². The molecule has 1 aliphatic rings. The van der Waals surface area contributed by atoms with Crippen LogP contribution < -0.4 is 5.32 Å². The van der Waals surface area contributed by atoms with Gasteiger partial charge in [-0.3, -0.25) is 9.36 Å². The third-order valence-corrected chi connectivity index (χ3v) is 2.69. The van der Waals surface area contributed by atoms with Crippen LogP contribution in [0.5, 0.6) is 0 Å². The third-order valence-electron chi connectivity index (χ3n) is 2.69. The molecule has 1 aliphatic heterocycles. The fourth-order valence-electron chi connectivity index (χ4n) is 1.76. The highest BCUT2D eigenvalue weighted by atomic mass is 16.2. The summed E-state index contributed by atoms with van der Waals surface area (Å²) in [5, 5.41) is 2.86. The maximum absolute atomic E-state index is 11.7. The average Bonchev–Trinajstić information content (AvgIpc) is 2.77. The Hall–Kier alpha value is -1.85. The van der Waals surface area contributed by atoms with Gasteiger partial charge in [-0.15, -0.1) is 0 Å². The van der Waals surface area contributed by atoms with Gasteiger partial charge in [0.25, 0.3) is 0 Å². The first-order valence-corrected chi connectivity index (χ1v) is 5.19. The Kier molecular flexibility index (Phi) is 2.89. The molecule has 2 amide bonds. The van der Waals surface area contributed by atoms with E-state index in [0.29, 0.717) is 19.4 Å². The van der Waals surface area contributed by atoms with Gasteiger partial charge in [0.05, 0.1) is 0 Å². The van der Waals surface area contributed by atoms with Crippen LogP contribution >= 0.6 is 0 Å². The number of amides is 2. The Morgan fingerprint density at radius 2 is 2.44 bits per heavy atom. The SMILES string of the molecule is CN1CC(NC(=O)n2ccnc2)CCC1=O. The number of imidazole rings is 1. The molecule has 1 saturated heterocycles. The van der Waals surface area contributed by atoms with Crippen molar-refractivity contribution in [2.45, 2.75) is 18.9 Å². The summed E-state index contributed by atoms with van der Waals surface area (Å²) in [5.41, 5.74) is 0. The number of likely N-dealkylation sites (N-methyl/N-ethyl adjacent to an activating group) is 1. The molecule has 0 saturated carbocycles. The maximum atomic E-state index is 11.7. The van der Waals surface area contributed by atoms with E-state index in [4.69, 9.17) is 0 Å². The van der Waals surface area contributed by atoms with Gasteiger partial charge in [-0.1, -0.05) is 0 Å². The van der Waals surface area contributed by atoms with Crippen molar-refractivity contribution in [1.29, 1.82) is 0 Å². The highest BCUT2D eigenvalue weighted by Crippen LogP contribution is 2.09. The second kappa shape index (κ2) is 4.34. The van der Waals surface area contributed by atoms with Gasteiger partial charge in [0.1, 0.15) is 6.33 Å². The normalized spacial score (nSPS) is 20.9. The summed E-state index contributed by atoms with van der Waals surface area (Å²) in [6.07, 6.45) is 5.78. The lowest BCUT2D eigenvalue weighted by molar-refractivity contribution is -0.132. The first kappa shape index (κ1) is 10.7. The number of hydrogen-bond acceptors (Lipinski definition) is 3. The molecule has 1 N–H and O–H groups in total. The predicted molar refractivity (Wildman–Crippen MR) is 56.8 cm³/mol. The predicted octanol–water partition coefficient (Wildman–Crippen LogP) is 0.0616. The summed E-state index contributed by atoms with van der Waals surface area (Å²) >= 11 is 0. The van der Waals surface area contributed by atoms with Crippen LogP contribution in [0.1, 0.15) is 12.8 Å². The second-order valence-corrected chi connectivity index (χ2v) is 3.93.